The molecule has 0 saturated carbocycles. The molecule has 0 aromatic heterocycles. The van der Waals surface area contributed by atoms with Crippen molar-refractivity contribution in [2.24, 2.45) is 0 Å². The van der Waals surface area contributed by atoms with Gasteiger partial charge in [-0.15, -0.1) is 0 Å². The molecular weight excluding hydrogens is 428 g/mol. The second-order valence-electron chi connectivity index (χ2n) is 7.80. The van der Waals surface area contributed by atoms with Crippen LogP contribution in [0.5, 0.6) is 28.7 Å². The fourth-order valence-corrected chi connectivity index (χ4v) is 3.92. The van der Waals surface area contributed by atoms with Gasteiger partial charge in [-0.05, 0) is 17.7 Å². The van der Waals surface area contributed by atoms with Crippen LogP contribution in [0.4, 0.5) is 0 Å². The summed E-state index contributed by atoms with van der Waals surface area (Å²) in [5, 5.41) is 79.4. The van der Waals surface area contributed by atoms with Gasteiger partial charge < -0.3 is 55.1 Å². The second kappa shape index (κ2) is 8.62. The highest BCUT2D eigenvalue weighted by Gasteiger charge is 2.46. The second-order valence-corrected chi connectivity index (χ2v) is 7.80. The van der Waals surface area contributed by atoms with Crippen LogP contribution in [0.25, 0.3) is 0 Å². The van der Waals surface area contributed by atoms with Crippen molar-refractivity contribution >= 4 is 0 Å². The van der Waals surface area contributed by atoms with Gasteiger partial charge in [0.15, 0.2) is 23.9 Å². The van der Waals surface area contributed by atoms with Gasteiger partial charge in [0.1, 0.15) is 47.8 Å². The van der Waals surface area contributed by atoms with E-state index in [1.165, 1.54) is 24.3 Å². The quantitative estimate of drug-likeness (QED) is 0.276. The molecule has 2 heterocycles. The van der Waals surface area contributed by atoms with Gasteiger partial charge in [0.2, 0.25) is 0 Å². The van der Waals surface area contributed by atoms with Gasteiger partial charge in [0.25, 0.3) is 0 Å². The SMILES string of the molecule is OC[C@@H]1O[C@H](OC2Cc3c(O)cc(O)cc3OC2c2ccc(O)c(O)c2)[C@@H](O)[C@H](O)[C@H]1O. The molecule has 174 valence electrons. The first-order valence-corrected chi connectivity index (χ1v) is 9.89. The number of aliphatic hydroxyl groups is 4. The molecule has 11 nitrogen and oxygen atoms in total. The summed E-state index contributed by atoms with van der Waals surface area (Å²) in [4.78, 5) is 0. The van der Waals surface area contributed by atoms with E-state index >= 15 is 0 Å². The molecule has 2 aliphatic rings. The third-order valence-corrected chi connectivity index (χ3v) is 5.65. The van der Waals surface area contributed by atoms with E-state index in [9.17, 15) is 40.9 Å². The Morgan fingerprint density at radius 2 is 1.62 bits per heavy atom. The lowest BCUT2D eigenvalue weighted by Gasteiger charge is -2.43. The van der Waals surface area contributed by atoms with Crippen LogP contribution in [0, 0.1) is 0 Å². The van der Waals surface area contributed by atoms with Gasteiger partial charge in [0.05, 0.1) is 6.61 Å². The van der Waals surface area contributed by atoms with Crippen molar-refractivity contribution in [3.63, 3.8) is 0 Å². The molecule has 1 fully saturated rings. The average molecular weight is 452 g/mol. The zero-order chi connectivity index (χ0) is 23.2. The number of ether oxygens (including phenoxy) is 3. The van der Waals surface area contributed by atoms with Crippen LogP contribution in [-0.2, 0) is 15.9 Å². The van der Waals surface area contributed by atoms with Gasteiger partial charge in [-0.1, -0.05) is 6.07 Å². The van der Waals surface area contributed by atoms with Gasteiger partial charge in [-0.3, -0.25) is 0 Å². The molecule has 7 atom stereocenters. The van der Waals surface area contributed by atoms with Crippen molar-refractivity contribution in [1.82, 2.24) is 0 Å². The first kappa shape index (κ1) is 22.4. The maximum absolute atomic E-state index is 10.3. The highest BCUT2D eigenvalue weighted by Crippen LogP contribution is 2.44. The Kier molecular flexibility index (Phi) is 6.03. The minimum absolute atomic E-state index is 0.0166. The summed E-state index contributed by atoms with van der Waals surface area (Å²) in [6.45, 7) is -0.635. The molecule has 2 aliphatic heterocycles. The third-order valence-electron chi connectivity index (χ3n) is 5.65. The molecule has 0 bridgehead atoms. The molecule has 2 aromatic rings. The Hall–Kier alpha value is -2.80. The molecule has 0 spiro atoms. The summed E-state index contributed by atoms with van der Waals surface area (Å²) in [6, 6.07) is 6.38. The fourth-order valence-electron chi connectivity index (χ4n) is 3.92. The summed E-state index contributed by atoms with van der Waals surface area (Å²) >= 11 is 0. The van der Waals surface area contributed by atoms with Crippen LogP contribution >= 0.6 is 0 Å². The molecule has 2 unspecified atom stereocenters. The van der Waals surface area contributed by atoms with Gasteiger partial charge in [-0.25, -0.2) is 0 Å². The van der Waals surface area contributed by atoms with E-state index in [0.717, 1.165) is 6.07 Å². The van der Waals surface area contributed by atoms with Crippen LogP contribution in [0.3, 0.4) is 0 Å². The van der Waals surface area contributed by atoms with E-state index in [2.05, 4.69) is 0 Å². The lowest BCUT2D eigenvalue weighted by atomic mass is 9.93. The van der Waals surface area contributed by atoms with Gasteiger partial charge in [-0.2, -0.15) is 0 Å². The molecule has 32 heavy (non-hydrogen) atoms. The Labute approximate surface area is 181 Å². The summed E-state index contributed by atoms with van der Waals surface area (Å²) in [7, 11) is 0. The largest absolute Gasteiger partial charge is 0.508 e. The molecular formula is C21H24O11. The Balaban J connectivity index is 1.68. The summed E-state index contributed by atoms with van der Waals surface area (Å²) < 4.78 is 17.2. The van der Waals surface area contributed by atoms with Crippen LogP contribution in [0.1, 0.15) is 17.2 Å². The predicted molar refractivity (Wildman–Crippen MR) is 105 cm³/mol. The molecule has 8 N–H and O–H groups in total. The Bertz CT molecular complexity index is 978. The molecule has 1 saturated heterocycles. The normalized spacial score (nSPS) is 32.2. The maximum Gasteiger partial charge on any atom is 0.187 e. The van der Waals surface area contributed by atoms with E-state index in [-0.39, 0.29) is 29.4 Å². The Morgan fingerprint density at radius 1 is 0.875 bits per heavy atom. The number of aliphatic hydroxyl groups excluding tert-OH is 4. The summed E-state index contributed by atoms with van der Waals surface area (Å²) in [5.41, 5.74) is 0.667. The highest BCUT2D eigenvalue weighted by atomic mass is 16.7. The van der Waals surface area contributed by atoms with E-state index < -0.39 is 55.3 Å². The summed E-state index contributed by atoms with van der Waals surface area (Å²) in [6.07, 6.45) is -9.41. The smallest absolute Gasteiger partial charge is 0.187 e. The summed E-state index contributed by atoms with van der Waals surface area (Å²) in [5.74, 6) is -1.10. The predicted octanol–water partition coefficient (Wildman–Crippen LogP) is -0.630. The number of rotatable bonds is 4. The van der Waals surface area contributed by atoms with Crippen molar-refractivity contribution in [3.05, 3.63) is 41.5 Å². The molecule has 0 amide bonds. The zero-order valence-corrected chi connectivity index (χ0v) is 16.6. The number of fused-ring (bicyclic) bond motifs is 1. The van der Waals surface area contributed by atoms with Gasteiger partial charge >= 0.3 is 0 Å². The lowest BCUT2D eigenvalue weighted by Crippen LogP contribution is -2.60. The van der Waals surface area contributed by atoms with Crippen molar-refractivity contribution in [3.8, 4) is 28.7 Å². The first-order chi connectivity index (χ1) is 15.2. The van der Waals surface area contributed by atoms with E-state index in [1.54, 1.807) is 0 Å². The van der Waals surface area contributed by atoms with Crippen LogP contribution < -0.4 is 4.74 Å². The van der Waals surface area contributed by atoms with Crippen molar-refractivity contribution < 1.29 is 55.1 Å². The molecule has 11 heteroatoms. The van der Waals surface area contributed by atoms with Crippen molar-refractivity contribution in [2.75, 3.05) is 6.61 Å². The molecule has 0 radical (unpaired) electrons. The topological polar surface area (TPSA) is 190 Å². The maximum atomic E-state index is 10.3. The minimum atomic E-state index is -1.66. The van der Waals surface area contributed by atoms with Crippen molar-refractivity contribution in [2.45, 2.75) is 49.3 Å². The number of benzene rings is 2. The Morgan fingerprint density at radius 3 is 2.31 bits per heavy atom. The van der Waals surface area contributed by atoms with E-state index in [4.69, 9.17) is 14.2 Å². The van der Waals surface area contributed by atoms with Crippen molar-refractivity contribution in [1.29, 1.82) is 0 Å². The highest BCUT2D eigenvalue weighted by molar-refractivity contribution is 5.52. The monoisotopic (exact) mass is 452 g/mol. The standard InChI is InChI=1S/C21H24O11/c22-7-16-17(27)18(28)19(29)21(32-16)31-15-6-10-12(25)4-9(23)5-14(10)30-20(15)8-1-2-11(24)13(26)3-8/h1-5,15-29H,6-7H2/t15?,16-,17-,18+,19-,20?,21-/m0/s1. The minimum Gasteiger partial charge on any atom is -0.508 e. The first-order valence-electron chi connectivity index (χ1n) is 9.89. The van der Waals surface area contributed by atoms with Crippen LogP contribution in [0.15, 0.2) is 30.3 Å². The van der Waals surface area contributed by atoms with Gasteiger partial charge in [0, 0.05) is 24.1 Å². The molecule has 2 aromatic carbocycles. The molecule has 0 aliphatic carbocycles. The molecule has 4 rings (SSSR count). The zero-order valence-electron chi connectivity index (χ0n) is 16.6. The lowest BCUT2D eigenvalue weighted by molar-refractivity contribution is -0.317. The van der Waals surface area contributed by atoms with Crippen LogP contribution in [0.2, 0.25) is 0 Å². The number of phenolic OH excluding ortho intramolecular Hbond substituents is 4. The fraction of sp³-hybridized carbons (Fsp3) is 0.429. The number of hydrogen-bond donors (Lipinski definition) is 8. The van der Waals surface area contributed by atoms with E-state index in [1.807, 2.05) is 0 Å². The third kappa shape index (κ3) is 4.01. The number of hydrogen-bond acceptors (Lipinski definition) is 11. The van der Waals surface area contributed by atoms with E-state index in [0.29, 0.717) is 11.1 Å². The number of phenols is 4. The van der Waals surface area contributed by atoms with Crippen LogP contribution in [-0.4, -0.2) is 84.3 Å². The average Bonchev–Trinajstić information content (AvgIpc) is 2.76. The number of aromatic hydroxyl groups is 4.